The van der Waals surface area contributed by atoms with Gasteiger partial charge in [0, 0.05) is 27.1 Å². The number of nitriles is 3. The number of hydrogen-bond acceptors (Lipinski definition) is 3. The molecule has 0 unspecified atom stereocenters. The summed E-state index contributed by atoms with van der Waals surface area (Å²) in [4.78, 5) is 0. The van der Waals surface area contributed by atoms with Gasteiger partial charge in [-0.25, -0.2) is 0 Å². The number of rotatable bonds is 4. The molecule has 5 nitrogen and oxygen atoms in total. The lowest BCUT2D eigenvalue weighted by atomic mass is 9.91. The van der Waals surface area contributed by atoms with Crippen molar-refractivity contribution < 1.29 is 0 Å². The molecule has 7 aromatic carbocycles. The van der Waals surface area contributed by atoms with Crippen molar-refractivity contribution in [3.63, 3.8) is 0 Å². The lowest BCUT2D eigenvalue weighted by Crippen LogP contribution is -2.02. The van der Waals surface area contributed by atoms with E-state index in [9.17, 15) is 15.8 Å². The van der Waals surface area contributed by atoms with Gasteiger partial charge in [-0.1, -0.05) is 97.1 Å². The molecule has 0 saturated carbocycles. The second kappa shape index (κ2) is 11.4. The number of hydrogen-bond donors (Lipinski definition) is 0. The summed E-state index contributed by atoms with van der Waals surface area (Å²) in [6.45, 7) is 0. The van der Waals surface area contributed by atoms with Gasteiger partial charge in [-0.15, -0.1) is 0 Å². The average Bonchev–Trinajstić information content (AvgIpc) is 3.70. The summed E-state index contributed by atoms with van der Waals surface area (Å²) in [6.07, 6.45) is 0. The first-order valence-electron chi connectivity index (χ1n) is 16.3. The van der Waals surface area contributed by atoms with Gasteiger partial charge in [0.05, 0.1) is 56.2 Å². The first kappa shape index (κ1) is 28.8. The summed E-state index contributed by atoms with van der Waals surface area (Å²) in [5.41, 5.74) is 10.7. The molecule has 0 aliphatic heterocycles. The van der Waals surface area contributed by atoms with E-state index in [2.05, 4.69) is 88.0 Å². The maximum atomic E-state index is 10.5. The molecule has 50 heavy (non-hydrogen) atoms. The Hall–Kier alpha value is -7.39. The van der Waals surface area contributed by atoms with Crippen LogP contribution < -0.4 is 0 Å². The Labute approximate surface area is 287 Å². The van der Waals surface area contributed by atoms with Crippen molar-refractivity contribution >= 4 is 43.6 Å². The SMILES string of the molecule is N#Cc1ccc2c(c1)c1ccccc1n2-c1ccccc1-c1ccccc1-c1cc(C#N)c(C#N)c(-n2c3ccccc3c3ccccc32)c1. The molecule has 0 fully saturated rings. The van der Waals surface area contributed by atoms with Crippen LogP contribution in [0.15, 0.2) is 152 Å². The summed E-state index contributed by atoms with van der Waals surface area (Å²) in [5, 5.41) is 34.8. The minimum absolute atomic E-state index is 0.320. The molecule has 2 aromatic heterocycles. The maximum Gasteiger partial charge on any atom is 0.103 e. The molecule has 0 aliphatic carbocycles. The van der Waals surface area contributed by atoms with Crippen LogP contribution in [0, 0.1) is 34.0 Å². The van der Waals surface area contributed by atoms with Crippen LogP contribution in [-0.2, 0) is 0 Å². The van der Waals surface area contributed by atoms with Crippen molar-refractivity contribution in [2.45, 2.75) is 0 Å². The fourth-order valence-corrected chi connectivity index (χ4v) is 7.51. The highest BCUT2D eigenvalue weighted by Crippen LogP contribution is 2.42. The first-order valence-corrected chi connectivity index (χ1v) is 16.3. The number of nitrogens with zero attached hydrogens (tertiary/aromatic N) is 5. The van der Waals surface area contributed by atoms with Gasteiger partial charge in [0.25, 0.3) is 0 Å². The van der Waals surface area contributed by atoms with E-state index in [4.69, 9.17) is 0 Å². The third kappa shape index (κ3) is 4.24. The molecule has 0 radical (unpaired) electrons. The van der Waals surface area contributed by atoms with E-state index in [1.165, 1.54) is 0 Å². The van der Waals surface area contributed by atoms with Crippen molar-refractivity contribution in [3.05, 3.63) is 168 Å². The first-order chi connectivity index (χ1) is 24.7. The van der Waals surface area contributed by atoms with Crippen molar-refractivity contribution in [1.82, 2.24) is 9.13 Å². The summed E-state index contributed by atoms with van der Waals surface area (Å²) >= 11 is 0. The van der Waals surface area contributed by atoms with Gasteiger partial charge < -0.3 is 9.13 Å². The van der Waals surface area contributed by atoms with Gasteiger partial charge in [-0.05, 0) is 71.3 Å². The fraction of sp³-hybridized carbons (Fsp3) is 0. The minimum Gasteiger partial charge on any atom is -0.309 e. The van der Waals surface area contributed by atoms with Crippen LogP contribution in [0.25, 0.3) is 77.2 Å². The summed E-state index contributed by atoms with van der Waals surface area (Å²) in [6, 6.07) is 57.9. The number of benzene rings is 7. The van der Waals surface area contributed by atoms with Gasteiger partial charge in [0.15, 0.2) is 0 Å². The highest BCUT2D eigenvalue weighted by Gasteiger charge is 2.21. The zero-order valence-corrected chi connectivity index (χ0v) is 26.7. The Morgan fingerprint density at radius 1 is 0.380 bits per heavy atom. The zero-order valence-electron chi connectivity index (χ0n) is 26.7. The van der Waals surface area contributed by atoms with Crippen LogP contribution in [0.1, 0.15) is 16.7 Å². The summed E-state index contributed by atoms with van der Waals surface area (Å²) in [5.74, 6) is 0. The molecule has 9 aromatic rings. The predicted molar refractivity (Wildman–Crippen MR) is 200 cm³/mol. The summed E-state index contributed by atoms with van der Waals surface area (Å²) in [7, 11) is 0. The van der Waals surface area contributed by atoms with Crippen LogP contribution in [-0.4, -0.2) is 9.13 Å². The summed E-state index contributed by atoms with van der Waals surface area (Å²) < 4.78 is 4.37. The van der Waals surface area contributed by atoms with Crippen LogP contribution in [0.3, 0.4) is 0 Å². The molecule has 230 valence electrons. The molecular weight excluding hydrogens is 611 g/mol. The predicted octanol–water partition coefficient (Wildman–Crippen LogP) is 10.8. The van der Waals surface area contributed by atoms with E-state index in [-0.39, 0.29) is 0 Å². The zero-order chi connectivity index (χ0) is 33.8. The van der Waals surface area contributed by atoms with Crippen LogP contribution in [0.4, 0.5) is 0 Å². The van der Waals surface area contributed by atoms with E-state index in [1.807, 2.05) is 91.0 Å². The highest BCUT2D eigenvalue weighted by molar-refractivity contribution is 6.11. The molecule has 0 aliphatic rings. The monoisotopic (exact) mass is 635 g/mol. The Morgan fingerprint density at radius 3 is 1.52 bits per heavy atom. The lowest BCUT2D eigenvalue weighted by molar-refractivity contribution is 1.16. The van der Waals surface area contributed by atoms with Crippen LogP contribution in [0.5, 0.6) is 0 Å². The van der Waals surface area contributed by atoms with Crippen molar-refractivity contribution in [3.8, 4) is 51.8 Å². The Morgan fingerprint density at radius 2 is 0.900 bits per heavy atom. The number of fused-ring (bicyclic) bond motifs is 6. The molecule has 0 spiro atoms. The van der Waals surface area contributed by atoms with E-state index in [0.717, 1.165) is 71.6 Å². The van der Waals surface area contributed by atoms with Gasteiger partial charge in [0.1, 0.15) is 12.1 Å². The smallest absolute Gasteiger partial charge is 0.103 e. The minimum atomic E-state index is 0.320. The van der Waals surface area contributed by atoms with E-state index in [0.29, 0.717) is 22.4 Å². The van der Waals surface area contributed by atoms with Gasteiger partial charge in [-0.3, -0.25) is 0 Å². The standard InChI is InChI=1S/C45H25N5/c46-26-29-21-22-44-38(23-29)37-16-6-10-20-43(37)49(44)40-17-7-3-13-34(40)33-12-2-1-11-32(33)30-24-31(27-47)39(28-48)45(25-30)50-41-18-8-4-14-35(41)36-15-5-9-19-42(36)50/h1-25H. The highest BCUT2D eigenvalue weighted by atomic mass is 15.0. The number of para-hydroxylation sites is 4. The molecule has 0 bridgehead atoms. The normalized spacial score (nSPS) is 11.1. The molecule has 0 amide bonds. The molecule has 0 N–H and O–H groups in total. The molecule has 2 heterocycles. The molecule has 5 heteroatoms. The lowest BCUT2D eigenvalue weighted by Gasteiger charge is -2.18. The van der Waals surface area contributed by atoms with Gasteiger partial charge in [-0.2, -0.15) is 15.8 Å². The van der Waals surface area contributed by atoms with Crippen LogP contribution >= 0.6 is 0 Å². The second-order valence-corrected chi connectivity index (χ2v) is 12.3. The molecule has 0 saturated heterocycles. The second-order valence-electron chi connectivity index (χ2n) is 12.3. The van der Waals surface area contributed by atoms with Crippen molar-refractivity contribution in [1.29, 1.82) is 15.8 Å². The Balaban J connectivity index is 1.32. The largest absolute Gasteiger partial charge is 0.309 e. The molecular formula is C45H25N5. The third-order valence-corrected chi connectivity index (χ3v) is 9.65. The molecule has 9 rings (SSSR count). The Bertz CT molecular complexity index is 2920. The van der Waals surface area contributed by atoms with Crippen molar-refractivity contribution in [2.75, 3.05) is 0 Å². The quantitative estimate of drug-likeness (QED) is 0.193. The average molecular weight is 636 g/mol. The number of aromatic nitrogens is 2. The van der Waals surface area contributed by atoms with Gasteiger partial charge >= 0.3 is 0 Å². The van der Waals surface area contributed by atoms with Crippen molar-refractivity contribution in [2.24, 2.45) is 0 Å². The molecule has 0 atom stereocenters. The van der Waals surface area contributed by atoms with E-state index < -0.39 is 0 Å². The van der Waals surface area contributed by atoms with Crippen LogP contribution in [0.2, 0.25) is 0 Å². The topological polar surface area (TPSA) is 81.2 Å². The maximum absolute atomic E-state index is 10.5. The van der Waals surface area contributed by atoms with E-state index >= 15 is 0 Å². The van der Waals surface area contributed by atoms with E-state index in [1.54, 1.807) is 0 Å². The van der Waals surface area contributed by atoms with Gasteiger partial charge in [0.2, 0.25) is 0 Å². The fourth-order valence-electron chi connectivity index (χ4n) is 7.51. The Kier molecular flexibility index (Phi) is 6.56. The third-order valence-electron chi connectivity index (χ3n) is 9.65.